The van der Waals surface area contributed by atoms with Crippen LogP contribution < -0.4 is 10.5 Å². The lowest BCUT2D eigenvalue weighted by Gasteiger charge is -2.37. The van der Waals surface area contributed by atoms with Crippen LogP contribution >= 0.6 is 0 Å². The standard InChI is InChI=1S/C28H29N5O3S/c1-37(35,36)32-23-13-11-19(12-14-23)15-24(29)28(34)33-18-22-10-6-5-9-21(22)16-26(33)27-30-17-25(31-27)20-7-3-2-4-8-20/h2-14,17,24,26,32H,15-16,18,29H2,1H3,(H,30,31)/t24-,26-/m0/s1. The third-order valence-corrected chi connectivity index (χ3v) is 7.16. The van der Waals surface area contributed by atoms with Crippen molar-refractivity contribution >= 4 is 21.6 Å². The van der Waals surface area contributed by atoms with Crippen molar-refractivity contribution in [1.29, 1.82) is 0 Å². The van der Waals surface area contributed by atoms with Gasteiger partial charge in [-0.3, -0.25) is 9.52 Å². The Morgan fingerprint density at radius 1 is 1.05 bits per heavy atom. The topological polar surface area (TPSA) is 121 Å². The molecule has 1 aliphatic heterocycles. The number of carbonyl (C=O) groups is 1. The molecule has 3 aromatic carbocycles. The zero-order valence-corrected chi connectivity index (χ0v) is 21.3. The minimum Gasteiger partial charge on any atom is -0.340 e. The van der Waals surface area contributed by atoms with Gasteiger partial charge in [-0.2, -0.15) is 0 Å². The van der Waals surface area contributed by atoms with E-state index in [2.05, 4.69) is 20.8 Å². The minimum atomic E-state index is -3.36. The Labute approximate surface area is 216 Å². The number of nitrogens with two attached hydrogens (primary N) is 1. The number of hydrogen-bond donors (Lipinski definition) is 3. The number of aromatic nitrogens is 2. The number of carbonyl (C=O) groups excluding carboxylic acids is 1. The van der Waals surface area contributed by atoms with Crippen molar-refractivity contribution in [2.24, 2.45) is 5.73 Å². The Hall–Kier alpha value is -3.95. The largest absolute Gasteiger partial charge is 0.340 e. The number of nitrogens with zero attached hydrogens (tertiary/aromatic N) is 2. The van der Waals surface area contributed by atoms with E-state index in [0.29, 0.717) is 25.1 Å². The molecule has 0 radical (unpaired) electrons. The lowest BCUT2D eigenvalue weighted by atomic mass is 9.92. The molecule has 0 spiro atoms. The van der Waals surface area contributed by atoms with Gasteiger partial charge >= 0.3 is 0 Å². The van der Waals surface area contributed by atoms with Crippen LogP contribution in [0.1, 0.15) is 28.6 Å². The number of rotatable bonds is 7. The summed E-state index contributed by atoms with van der Waals surface area (Å²) < 4.78 is 25.4. The van der Waals surface area contributed by atoms with Crippen LogP contribution in [0, 0.1) is 0 Å². The molecule has 37 heavy (non-hydrogen) atoms. The molecule has 4 aromatic rings. The van der Waals surface area contributed by atoms with E-state index < -0.39 is 16.1 Å². The normalized spacial score (nSPS) is 16.2. The van der Waals surface area contributed by atoms with Crippen molar-refractivity contribution in [2.45, 2.75) is 31.5 Å². The highest BCUT2D eigenvalue weighted by Crippen LogP contribution is 2.33. The number of hydrogen-bond acceptors (Lipinski definition) is 5. The number of imidazole rings is 1. The summed E-state index contributed by atoms with van der Waals surface area (Å²) >= 11 is 0. The molecule has 5 rings (SSSR count). The Balaban J connectivity index is 1.38. The molecule has 0 aliphatic carbocycles. The van der Waals surface area contributed by atoms with Crippen molar-refractivity contribution in [2.75, 3.05) is 11.0 Å². The summed E-state index contributed by atoms with van der Waals surface area (Å²) in [6, 6.07) is 24.0. The van der Waals surface area contributed by atoms with Crippen molar-refractivity contribution in [3.05, 3.63) is 108 Å². The van der Waals surface area contributed by atoms with Gasteiger partial charge in [0.2, 0.25) is 15.9 Å². The van der Waals surface area contributed by atoms with E-state index >= 15 is 0 Å². The van der Waals surface area contributed by atoms with Gasteiger partial charge in [0.1, 0.15) is 5.82 Å². The van der Waals surface area contributed by atoms with E-state index in [1.807, 2.05) is 53.4 Å². The number of sulfonamides is 1. The Kier molecular flexibility index (Phi) is 6.82. The Morgan fingerprint density at radius 3 is 2.43 bits per heavy atom. The van der Waals surface area contributed by atoms with E-state index in [4.69, 9.17) is 5.73 Å². The van der Waals surface area contributed by atoms with Crippen LogP contribution in [0.2, 0.25) is 0 Å². The van der Waals surface area contributed by atoms with Crippen LogP contribution in [0.25, 0.3) is 11.3 Å². The van der Waals surface area contributed by atoms with E-state index in [1.54, 1.807) is 30.5 Å². The predicted octanol–water partition coefficient (Wildman–Crippen LogP) is 3.64. The van der Waals surface area contributed by atoms with Gasteiger partial charge < -0.3 is 15.6 Å². The van der Waals surface area contributed by atoms with Crippen LogP contribution in [0.3, 0.4) is 0 Å². The molecule has 2 atom stereocenters. The molecule has 1 aromatic heterocycles. The third kappa shape index (κ3) is 5.73. The second-order valence-corrected chi connectivity index (χ2v) is 11.1. The first-order chi connectivity index (χ1) is 17.8. The molecule has 0 saturated heterocycles. The van der Waals surface area contributed by atoms with Crippen LogP contribution in [0.15, 0.2) is 85.1 Å². The molecule has 0 saturated carbocycles. The second-order valence-electron chi connectivity index (χ2n) is 9.38. The SMILES string of the molecule is CS(=O)(=O)Nc1ccc(C[C@H](N)C(=O)N2Cc3ccccc3C[C@H]2c2ncc(-c3ccccc3)[nH]2)cc1. The highest BCUT2D eigenvalue weighted by Gasteiger charge is 2.35. The summed E-state index contributed by atoms with van der Waals surface area (Å²) in [6.07, 6.45) is 3.88. The predicted molar refractivity (Wildman–Crippen MR) is 144 cm³/mol. The molecule has 0 bridgehead atoms. The highest BCUT2D eigenvalue weighted by molar-refractivity contribution is 7.92. The summed E-state index contributed by atoms with van der Waals surface area (Å²) in [5, 5.41) is 0. The van der Waals surface area contributed by atoms with Crippen LogP contribution in [-0.4, -0.2) is 41.5 Å². The maximum Gasteiger partial charge on any atom is 0.240 e. The van der Waals surface area contributed by atoms with Gasteiger partial charge in [0.15, 0.2) is 0 Å². The maximum absolute atomic E-state index is 13.7. The zero-order valence-electron chi connectivity index (χ0n) is 20.5. The molecule has 190 valence electrons. The number of anilines is 1. The first-order valence-electron chi connectivity index (χ1n) is 12.1. The summed E-state index contributed by atoms with van der Waals surface area (Å²) in [5.74, 6) is 0.570. The first kappa shape index (κ1) is 24.7. The van der Waals surface area contributed by atoms with Gasteiger partial charge in [0.05, 0.1) is 30.2 Å². The van der Waals surface area contributed by atoms with Gasteiger partial charge in [0, 0.05) is 18.7 Å². The molecule has 2 heterocycles. The van der Waals surface area contributed by atoms with E-state index in [1.165, 1.54) is 5.56 Å². The number of benzene rings is 3. The van der Waals surface area contributed by atoms with Gasteiger partial charge in [0.25, 0.3) is 0 Å². The lowest BCUT2D eigenvalue weighted by Crippen LogP contribution is -2.48. The maximum atomic E-state index is 13.7. The molecule has 1 aliphatic rings. The summed E-state index contributed by atoms with van der Waals surface area (Å²) in [6.45, 7) is 0.450. The molecule has 4 N–H and O–H groups in total. The molecular weight excluding hydrogens is 486 g/mol. The number of nitrogens with one attached hydrogen (secondary N) is 2. The smallest absolute Gasteiger partial charge is 0.240 e. The second kappa shape index (κ2) is 10.2. The Bertz CT molecular complexity index is 1500. The number of H-pyrrole nitrogens is 1. The van der Waals surface area contributed by atoms with Gasteiger partial charge in [-0.15, -0.1) is 0 Å². The average molecular weight is 516 g/mol. The van der Waals surface area contributed by atoms with Crippen molar-refractivity contribution in [3.8, 4) is 11.3 Å². The number of aromatic amines is 1. The van der Waals surface area contributed by atoms with Crippen LogP contribution in [0.5, 0.6) is 0 Å². The van der Waals surface area contributed by atoms with Crippen LogP contribution in [0.4, 0.5) is 5.69 Å². The Morgan fingerprint density at radius 2 is 1.73 bits per heavy atom. The molecule has 0 unspecified atom stereocenters. The quantitative estimate of drug-likeness (QED) is 0.347. The molecule has 0 fully saturated rings. The van der Waals surface area contributed by atoms with Crippen molar-refractivity contribution < 1.29 is 13.2 Å². The fraction of sp³-hybridized carbons (Fsp3) is 0.214. The summed E-state index contributed by atoms with van der Waals surface area (Å²) in [4.78, 5) is 23.6. The zero-order chi connectivity index (χ0) is 26.0. The molecule has 9 heteroatoms. The molecular formula is C28H29N5O3S. The highest BCUT2D eigenvalue weighted by atomic mass is 32.2. The van der Waals surface area contributed by atoms with Crippen molar-refractivity contribution in [3.63, 3.8) is 0 Å². The summed E-state index contributed by atoms with van der Waals surface area (Å²) in [7, 11) is -3.36. The van der Waals surface area contributed by atoms with Crippen molar-refractivity contribution in [1.82, 2.24) is 14.9 Å². The third-order valence-electron chi connectivity index (χ3n) is 6.56. The van der Waals surface area contributed by atoms with E-state index in [0.717, 1.165) is 34.5 Å². The summed E-state index contributed by atoms with van der Waals surface area (Å²) in [5.41, 5.74) is 12.0. The molecule has 1 amide bonds. The van der Waals surface area contributed by atoms with Gasteiger partial charge in [-0.05, 0) is 40.8 Å². The van der Waals surface area contributed by atoms with Gasteiger partial charge in [-0.1, -0.05) is 66.7 Å². The number of fused-ring (bicyclic) bond motifs is 1. The molecule has 8 nitrogen and oxygen atoms in total. The van der Waals surface area contributed by atoms with E-state index in [9.17, 15) is 13.2 Å². The monoisotopic (exact) mass is 515 g/mol. The van der Waals surface area contributed by atoms with E-state index in [-0.39, 0.29) is 11.9 Å². The van der Waals surface area contributed by atoms with Crippen LogP contribution in [-0.2, 0) is 34.2 Å². The fourth-order valence-electron chi connectivity index (χ4n) is 4.75. The average Bonchev–Trinajstić information content (AvgIpc) is 3.38. The lowest BCUT2D eigenvalue weighted by molar-refractivity contribution is -0.136. The van der Waals surface area contributed by atoms with Gasteiger partial charge in [-0.25, -0.2) is 13.4 Å². The minimum absolute atomic E-state index is 0.157. The first-order valence-corrected chi connectivity index (χ1v) is 14.0. The number of amides is 1. The fourth-order valence-corrected chi connectivity index (χ4v) is 5.31.